The molecule has 11 aromatic carbocycles. The summed E-state index contributed by atoms with van der Waals surface area (Å²) in [7, 11) is 0. The molecule has 0 bridgehead atoms. The molecule has 0 saturated carbocycles. The van der Waals surface area contributed by atoms with Crippen molar-refractivity contribution < 1.29 is 0 Å². The Morgan fingerprint density at radius 3 is 0.824 bits per heavy atom. The van der Waals surface area contributed by atoms with Gasteiger partial charge in [0, 0.05) is 59.1 Å². The summed E-state index contributed by atoms with van der Waals surface area (Å²) in [6.07, 6.45) is 0. The molecule has 0 atom stereocenters. The standard InChI is InChI=1S/C45H29N3S.C30H20N6/c1-3-13-30(14-4-1)32-17-9-20-35(27-32)43-46-44(36-21-10-18-33(28-36)31-15-5-2-6-16-31)48-45(47-43)37-22-11-19-34(29-37)38-24-12-25-40-39-23-7-8-26-41(39)49-42(38)40;1-5-13-21(14-6-1)25-31-26(22-15-7-2-8-16-22)34-29(33-25)30-35-27(23-17-9-3-10-18-23)32-28(36-30)24-19-11-4-12-20-24/h1-29H;1-20H. The lowest BCUT2D eigenvalue weighted by atomic mass is 10.00. The van der Waals surface area contributed by atoms with Crippen LogP contribution in [-0.2, 0) is 0 Å². The largest absolute Gasteiger partial charge is 0.208 e. The lowest BCUT2D eigenvalue weighted by Gasteiger charge is -2.11. The Morgan fingerprint density at radius 2 is 0.435 bits per heavy atom. The van der Waals surface area contributed by atoms with E-state index in [0.29, 0.717) is 52.4 Å². The third kappa shape index (κ3) is 11.2. The molecule has 0 saturated heterocycles. The van der Waals surface area contributed by atoms with Gasteiger partial charge in [-0.15, -0.1) is 11.3 Å². The average Bonchev–Trinajstić information content (AvgIpc) is 4.25. The first-order valence-corrected chi connectivity index (χ1v) is 28.7. The van der Waals surface area contributed by atoms with Crippen LogP contribution < -0.4 is 0 Å². The third-order valence-electron chi connectivity index (χ3n) is 14.5. The van der Waals surface area contributed by atoms with Crippen LogP contribution in [0, 0.1) is 0 Å². The number of benzene rings is 11. The highest BCUT2D eigenvalue weighted by Gasteiger charge is 2.20. The van der Waals surface area contributed by atoms with Gasteiger partial charge in [0.1, 0.15) is 0 Å². The SMILES string of the molecule is c1ccc(-c2cccc(-c3nc(-c4cccc(-c5ccccc5)c4)nc(-c4cccc(-c5cccc6c5sc5ccccc56)c4)n3)c2)cc1.c1ccc(-c2nc(-c3ccccc3)nc(-c3nc(-c4ccccc4)nc(-c4ccccc4)n3)n2)cc1. The van der Waals surface area contributed by atoms with Gasteiger partial charge in [0.2, 0.25) is 11.6 Å². The topological polar surface area (TPSA) is 116 Å². The number of rotatable bonds is 11. The van der Waals surface area contributed by atoms with Gasteiger partial charge < -0.3 is 0 Å². The second-order valence-electron chi connectivity index (χ2n) is 20.1. The maximum atomic E-state index is 5.13. The van der Waals surface area contributed by atoms with E-state index in [-0.39, 0.29) is 0 Å². The minimum Gasteiger partial charge on any atom is -0.208 e. The number of nitrogens with zero attached hydrogens (tertiary/aromatic N) is 9. The second-order valence-corrected chi connectivity index (χ2v) is 21.2. The van der Waals surface area contributed by atoms with Gasteiger partial charge in [0.05, 0.1) is 0 Å². The molecule has 0 fully saturated rings. The van der Waals surface area contributed by atoms with Crippen molar-refractivity contribution in [1.82, 2.24) is 44.9 Å². The number of hydrogen-bond acceptors (Lipinski definition) is 10. The lowest BCUT2D eigenvalue weighted by Crippen LogP contribution is -2.05. The van der Waals surface area contributed by atoms with Crippen molar-refractivity contribution in [2.45, 2.75) is 0 Å². The minimum absolute atomic E-state index is 0.388. The molecule has 0 N–H and O–H groups in total. The van der Waals surface area contributed by atoms with Crippen molar-refractivity contribution in [3.8, 4) is 125 Å². The summed E-state index contributed by atoms with van der Waals surface area (Å²) >= 11 is 1.84. The predicted octanol–water partition coefficient (Wildman–Crippen LogP) is 18.6. The molecule has 0 radical (unpaired) electrons. The molecule has 0 amide bonds. The van der Waals surface area contributed by atoms with Crippen molar-refractivity contribution in [2.24, 2.45) is 0 Å². The Kier molecular flexibility index (Phi) is 14.4. The fraction of sp³-hybridized carbons (Fsp3) is 0. The first-order valence-electron chi connectivity index (χ1n) is 27.9. The molecule has 4 heterocycles. The zero-order valence-corrected chi connectivity index (χ0v) is 46.5. The van der Waals surface area contributed by atoms with E-state index in [2.05, 4.69) is 164 Å². The van der Waals surface area contributed by atoms with Gasteiger partial charge in [-0.25, -0.2) is 44.9 Å². The molecule has 15 aromatic rings. The molecule has 85 heavy (non-hydrogen) atoms. The van der Waals surface area contributed by atoms with Crippen LogP contribution >= 0.6 is 11.3 Å². The van der Waals surface area contributed by atoms with Gasteiger partial charge in [-0.1, -0.05) is 273 Å². The van der Waals surface area contributed by atoms with Crippen LogP contribution in [0.5, 0.6) is 0 Å². The van der Waals surface area contributed by atoms with E-state index in [9.17, 15) is 0 Å². The van der Waals surface area contributed by atoms with Gasteiger partial charge in [-0.05, 0) is 57.6 Å². The summed E-state index contributed by atoms with van der Waals surface area (Å²) in [5.74, 6) is 4.92. The van der Waals surface area contributed by atoms with Crippen molar-refractivity contribution in [3.05, 3.63) is 297 Å². The Labute approximate surface area is 495 Å². The predicted molar refractivity (Wildman–Crippen MR) is 346 cm³/mol. The smallest absolute Gasteiger partial charge is 0.202 e. The zero-order valence-electron chi connectivity index (χ0n) is 45.7. The van der Waals surface area contributed by atoms with Crippen LogP contribution in [0.15, 0.2) is 297 Å². The Bertz CT molecular complexity index is 4480. The zero-order chi connectivity index (χ0) is 56.7. The highest BCUT2D eigenvalue weighted by Crippen LogP contribution is 2.41. The normalized spacial score (nSPS) is 11.1. The molecule has 0 aliphatic heterocycles. The molecular weight excluding hydrogens is 1060 g/mol. The summed E-state index contributed by atoms with van der Waals surface area (Å²) in [6.45, 7) is 0. The monoisotopic (exact) mass is 1110 g/mol. The van der Waals surface area contributed by atoms with E-state index in [1.165, 1.54) is 25.7 Å². The fourth-order valence-corrected chi connectivity index (χ4v) is 11.6. The molecular formula is C75H49N9S. The highest BCUT2D eigenvalue weighted by molar-refractivity contribution is 7.26. The molecule has 0 aliphatic rings. The molecule has 0 aliphatic carbocycles. The van der Waals surface area contributed by atoms with Crippen molar-refractivity contribution in [3.63, 3.8) is 0 Å². The van der Waals surface area contributed by atoms with Crippen molar-refractivity contribution in [2.75, 3.05) is 0 Å². The first-order chi connectivity index (χ1) is 42.1. The Morgan fingerprint density at radius 1 is 0.176 bits per heavy atom. The molecule has 10 heteroatoms. The first kappa shape index (κ1) is 51.8. The van der Waals surface area contributed by atoms with Crippen molar-refractivity contribution in [1.29, 1.82) is 0 Å². The fourth-order valence-electron chi connectivity index (χ4n) is 10.3. The van der Waals surface area contributed by atoms with E-state index in [4.69, 9.17) is 44.9 Å². The van der Waals surface area contributed by atoms with E-state index in [1.54, 1.807) is 0 Å². The molecule has 400 valence electrons. The number of thiophene rings is 1. The molecule has 0 spiro atoms. The van der Waals surface area contributed by atoms with E-state index in [1.807, 2.05) is 145 Å². The second kappa shape index (κ2) is 23.6. The van der Waals surface area contributed by atoms with Crippen LogP contribution in [0.4, 0.5) is 0 Å². The van der Waals surface area contributed by atoms with E-state index in [0.717, 1.165) is 66.8 Å². The Balaban J connectivity index is 0.000000158. The van der Waals surface area contributed by atoms with Crippen LogP contribution in [0.25, 0.3) is 145 Å². The van der Waals surface area contributed by atoms with E-state index >= 15 is 0 Å². The Hall–Kier alpha value is -11.3. The minimum atomic E-state index is 0.388. The summed E-state index contributed by atoms with van der Waals surface area (Å²) in [4.78, 5) is 44.1. The van der Waals surface area contributed by atoms with Crippen LogP contribution in [0.3, 0.4) is 0 Å². The summed E-state index contributed by atoms with van der Waals surface area (Å²) < 4.78 is 2.58. The summed E-state index contributed by atoms with van der Waals surface area (Å²) in [6, 6.07) is 101. The maximum Gasteiger partial charge on any atom is 0.202 e. The van der Waals surface area contributed by atoms with Crippen molar-refractivity contribution >= 4 is 31.5 Å². The molecule has 4 aromatic heterocycles. The van der Waals surface area contributed by atoms with Gasteiger partial charge in [-0.2, -0.15) is 0 Å². The van der Waals surface area contributed by atoms with Gasteiger partial charge in [0.15, 0.2) is 40.8 Å². The van der Waals surface area contributed by atoms with Gasteiger partial charge in [-0.3, -0.25) is 0 Å². The molecule has 0 unspecified atom stereocenters. The number of aromatic nitrogens is 9. The molecule has 15 rings (SSSR count). The van der Waals surface area contributed by atoms with Crippen LogP contribution in [0.2, 0.25) is 0 Å². The van der Waals surface area contributed by atoms with Crippen LogP contribution in [0.1, 0.15) is 0 Å². The summed E-state index contributed by atoms with van der Waals surface area (Å²) in [5.41, 5.74) is 13.3. The highest BCUT2D eigenvalue weighted by atomic mass is 32.1. The summed E-state index contributed by atoms with van der Waals surface area (Å²) in [5, 5.41) is 2.58. The average molecular weight is 1110 g/mol. The van der Waals surface area contributed by atoms with Gasteiger partial charge >= 0.3 is 0 Å². The maximum absolute atomic E-state index is 5.13. The lowest BCUT2D eigenvalue weighted by molar-refractivity contribution is 1.00. The van der Waals surface area contributed by atoms with Crippen LogP contribution in [-0.4, -0.2) is 44.9 Å². The number of hydrogen-bond donors (Lipinski definition) is 0. The van der Waals surface area contributed by atoms with E-state index < -0.39 is 0 Å². The quantitative estimate of drug-likeness (QED) is 0.125. The third-order valence-corrected chi connectivity index (χ3v) is 15.7. The number of fused-ring (bicyclic) bond motifs is 3. The van der Waals surface area contributed by atoms with Gasteiger partial charge in [0.25, 0.3) is 0 Å². The molecule has 9 nitrogen and oxygen atoms in total.